The van der Waals surface area contributed by atoms with Gasteiger partial charge in [-0.25, -0.2) is 4.68 Å². The summed E-state index contributed by atoms with van der Waals surface area (Å²) in [6.45, 7) is 1.94. The molecule has 1 aliphatic heterocycles. The van der Waals surface area contributed by atoms with Gasteiger partial charge in [0.25, 0.3) is 0 Å². The predicted molar refractivity (Wildman–Crippen MR) is 62.6 cm³/mol. The van der Waals surface area contributed by atoms with Crippen molar-refractivity contribution in [1.29, 1.82) is 0 Å². The van der Waals surface area contributed by atoms with Gasteiger partial charge in [0.2, 0.25) is 5.91 Å². The van der Waals surface area contributed by atoms with Gasteiger partial charge in [-0.1, -0.05) is 0 Å². The maximum Gasteiger partial charge on any atom is 0.244 e. The zero-order valence-corrected chi connectivity index (χ0v) is 9.72. The fraction of sp³-hybridized carbons (Fsp3) is 0.600. The van der Waals surface area contributed by atoms with E-state index in [4.69, 9.17) is 10.5 Å². The highest BCUT2D eigenvalue weighted by Gasteiger charge is 2.23. The molecule has 0 saturated carbocycles. The molecule has 0 spiro atoms. The number of hydrogen-bond donors (Lipinski definition) is 3. The van der Waals surface area contributed by atoms with Crippen LogP contribution in [0.15, 0.2) is 12.3 Å². The van der Waals surface area contributed by atoms with Crippen molar-refractivity contribution in [2.45, 2.75) is 12.1 Å². The Balaban J connectivity index is 1.98. The second-order valence-electron chi connectivity index (χ2n) is 4.02. The van der Waals surface area contributed by atoms with E-state index in [9.17, 15) is 4.79 Å². The van der Waals surface area contributed by atoms with Crippen LogP contribution in [0.5, 0.6) is 0 Å². The van der Waals surface area contributed by atoms with Crippen LogP contribution in [0.2, 0.25) is 0 Å². The van der Waals surface area contributed by atoms with E-state index in [-0.39, 0.29) is 12.5 Å². The van der Waals surface area contributed by atoms with Gasteiger partial charge < -0.3 is 21.1 Å². The van der Waals surface area contributed by atoms with Crippen LogP contribution in [0.4, 0.5) is 5.82 Å². The minimum Gasteiger partial charge on any atom is -0.383 e. The standard InChI is InChI=1S/C10H17N5O2/c1-17-6-8(11)10(16)14-9-2-3-13-15(9)7-4-12-5-7/h2-3,7-8,12H,4-6,11H2,1H3,(H,14,16)/t8-/m0/s1. The average Bonchev–Trinajstić information content (AvgIpc) is 2.64. The molecule has 2 heterocycles. The van der Waals surface area contributed by atoms with Gasteiger partial charge in [-0.2, -0.15) is 5.10 Å². The molecule has 0 unspecified atom stereocenters. The zero-order valence-electron chi connectivity index (χ0n) is 9.72. The molecular weight excluding hydrogens is 222 g/mol. The van der Waals surface area contributed by atoms with Crippen molar-refractivity contribution >= 4 is 11.7 Å². The quantitative estimate of drug-likeness (QED) is 0.609. The normalized spacial score (nSPS) is 17.5. The number of aromatic nitrogens is 2. The molecule has 1 aromatic rings. The number of ether oxygens (including phenoxy) is 1. The minimum absolute atomic E-state index is 0.199. The first-order chi connectivity index (χ1) is 8.22. The first kappa shape index (κ1) is 12.0. The molecule has 7 nitrogen and oxygen atoms in total. The summed E-state index contributed by atoms with van der Waals surface area (Å²) >= 11 is 0. The van der Waals surface area contributed by atoms with Crippen molar-refractivity contribution < 1.29 is 9.53 Å². The topological polar surface area (TPSA) is 94.2 Å². The Morgan fingerprint density at radius 3 is 3.18 bits per heavy atom. The molecular formula is C10H17N5O2. The van der Waals surface area contributed by atoms with E-state index >= 15 is 0 Å². The molecule has 4 N–H and O–H groups in total. The van der Waals surface area contributed by atoms with Crippen LogP contribution in [-0.4, -0.2) is 48.5 Å². The molecule has 1 aromatic heterocycles. The average molecular weight is 239 g/mol. The first-order valence-corrected chi connectivity index (χ1v) is 5.52. The first-order valence-electron chi connectivity index (χ1n) is 5.52. The summed E-state index contributed by atoms with van der Waals surface area (Å²) < 4.78 is 6.64. The number of nitrogens with two attached hydrogens (primary N) is 1. The molecule has 2 rings (SSSR count). The highest BCUT2D eigenvalue weighted by atomic mass is 16.5. The number of amides is 1. The Bertz CT molecular complexity index is 388. The Labute approximate surface area is 99.3 Å². The third kappa shape index (κ3) is 2.63. The summed E-state index contributed by atoms with van der Waals surface area (Å²) in [5, 5.41) is 10.1. The molecule has 1 fully saturated rings. The van der Waals surface area contributed by atoms with E-state index in [0.717, 1.165) is 13.1 Å². The largest absolute Gasteiger partial charge is 0.383 e. The van der Waals surface area contributed by atoms with Gasteiger partial charge in [0.1, 0.15) is 11.9 Å². The van der Waals surface area contributed by atoms with Gasteiger partial charge >= 0.3 is 0 Å². The molecule has 7 heteroatoms. The van der Waals surface area contributed by atoms with Gasteiger partial charge in [-0.3, -0.25) is 4.79 Å². The number of carbonyl (C=O) groups excluding carboxylic acids is 1. The monoisotopic (exact) mass is 239 g/mol. The van der Waals surface area contributed by atoms with Crippen molar-refractivity contribution in [2.24, 2.45) is 5.73 Å². The lowest BCUT2D eigenvalue weighted by atomic mass is 10.2. The van der Waals surface area contributed by atoms with E-state index < -0.39 is 6.04 Å². The smallest absolute Gasteiger partial charge is 0.244 e. The molecule has 1 aliphatic rings. The number of methoxy groups -OCH3 is 1. The van der Waals surface area contributed by atoms with E-state index in [0.29, 0.717) is 11.9 Å². The van der Waals surface area contributed by atoms with Crippen LogP contribution in [-0.2, 0) is 9.53 Å². The van der Waals surface area contributed by atoms with Crippen LogP contribution < -0.4 is 16.4 Å². The number of nitrogens with one attached hydrogen (secondary N) is 2. The maximum absolute atomic E-state index is 11.7. The number of carbonyl (C=O) groups is 1. The summed E-state index contributed by atoms with van der Waals surface area (Å²) in [7, 11) is 1.51. The van der Waals surface area contributed by atoms with Crippen molar-refractivity contribution in [2.75, 3.05) is 32.1 Å². The van der Waals surface area contributed by atoms with Crippen molar-refractivity contribution in [3.05, 3.63) is 12.3 Å². The maximum atomic E-state index is 11.7. The van der Waals surface area contributed by atoms with Crippen LogP contribution in [0, 0.1) is 0 Å². The highest BCUT2D eigenvalue weighted by Crippen LogP contribution is 2.17. The lowest BCUT2D eigenvalue weighted by molar-refractivity contribution is -0.118. The molecule has 0 radical (unpaired) electrons. The van der Waals surface area contributed by atoms with Gasteiger partial charge in [-0.05, 0) is 0 Å². The molecule has 1 saturated heterocycles. The van der Waals surface area contributed by atoms with E-state index in [1.165, 1.54) is 7.11 Å². The molecule has 0 aromatic carbocycles. The number of rotatable bonds is 5. The fourth-order valence-corrected chi connectivity index (χ4v) is 1.62. The SMILES string of the molecule is COC[C@H](N)C(=O)Nc1ccnn1C1CNC1. The van der Waals surface area contributed by atoms with Gasteiger partial charge in [0.05, 0.1) is 18.8 Å². The molecule has 94 valence electrons. The number of nitrogens with zero attached hydrogens (tertiary/aromatic N) is 2. The Kier molecular flexibility index (Phi) is 3.72. The van der Waals surface area contributed by atoms with E-state index in [2.05, 4.69) is 15.7 Å². The van der Waals surface area contributed by atoms with Crippen molar-refractivity contribution in [1.82, 2.24) is 15.1 Å². The summed E-state index contributed by atoms with van der Waals surface area (Å²) in [5.41, 5.74) is 5.64. The predicted octanol–water partition coefficient (Wildman–Crippen LogP) is -1.06. The molecule has 0 aliphatic carbocycles. The molecule has 17 heavy (non-hydrogen) atoms. The second-order valence-corrected chi connectivity index (χ2v) is 4.02. The van der Waals surface area contributed by atoms with Gasteiger partial charge in [-0.15, -0.1) is 0 Å². The summed E-state index contributed by atoms with van der Waals surface area (Å²) in [5.74, 6) is 0.411. The number of hydrogen-bond acceptors (Lipinski definition) is 5. The zero-order chi connectivity index (χ0) is 12.3. The second kappa shape index (κ2) is 5.26. The van der Waals surface area contributed by atoms with E-state index in [1.807, 2.05) is 0 Å². The molecule has 0 bridgehead atoms. The third-order valence-corrected chi connectivity index (χ3v) is 2.71. The van der Waals surface area contributed by atoms with Crippen molar-refractivity contribution in [3.63, 3.8) is 0 Å². The number of anilines is 1. The minimum atomic E-state index is -0.664. The third-order valence-electron chi connectivity index (χ3n) is 2.71. The van der Waals surface area contributed by atoms with Gasteiger partial charge in [0, 0.05) is 26.3 Å². The fourth-order valence-electron chi connectivity index (χ4n) is 1.62. The lowest BCUT2D eigenvalue weighted by Gasteiger charge is -2.28. The van der Waals surface area contributed by atoms with Crippen LogP contribution >= 0.6 is 0 Å². The van der Waals surface area contributed by atoms with Crippen LogP contribution in [0.3, 0.4) is 0 Å². The van der Waals surface area contributed by atoms with Crippen LogP contribution in [0.1, 0.15) is 6.04 Å². The van der Waals surface area contributed by atoms with Crippen molar-refractivity contribution in [3.8, 4) is 0 Å². The molecule has 1 amide bonds. The summed E-state index contributed by atoms with van der Waals surface area (Å²) in [6.07, 6.45) is 1.66. The summed E-state index contributed by atoms with van der Waals surface area (Å²) in [6, 6.07) is 1.40. The Morgan fingerprint density at radius 2 is 2.59 bits per heavy atom. The summed E-state index contributed by atoms with van der Waals surface area (Å²) in [4.78, 5) is 11.7. The van der Waals surface area contributed by atoms with Gasteiger partial charge in [0.15, 0.2) is 0 Å². The molecule has 1 atom stereocenters. The Morgan fingerprint density at radius 1 is 1.82 bits per heavy atom. The van der Waals surface area contributed by atoms with E-state index in [1.54, 1.807) is 16.9 Å². The lowest BCUT2D eigenvalue weighted by Crippen LogP contribution is -2.45. The van der Waals surface area contributed by atoms with Crippen LogP contribution in [0.25, 0.3) is 0 Å². The Hall–Kier alpha value is -1.44. The highest BCUT2D eigenvalue weighted by molar-refractivity contribution is 5.94.